The number of methoxy groups -OCH3 is 1. The van der Waals surface area contributed by atoms with Crippen LogP contribution in [0, 0.1) is 28.6 Å². The first-order valence-corrected chi connectivity index (χ1v) is 13.6. The highest BCUT2D eigenvalue weighted by Gasteiger charge is 2.82. The third kappa shape index (κ3) is 4.64. The van der Waals surface area contributed by atoms with E-state index in [0.717, 1.165) is 16.7 Å². The van der Waals surface area contributed by atoms with Gasteiger partial charge in [-0.2, -0.15) is 0 Å². The van der Waals surface area contributed by atoms with Crippen LogP contribution in [-0.4, -0.2) is 35.4 Å². The average molecular weight is 521 g/mol. The van der Waals surface area contributed by atoms with Crippen LogP contribution in [0.4, 0.5) is 0 Å². The Labute approximate surface area is 228 Å². The number of esters is 1. The first-order valence-electron chi connectivity index (χ1n) is 13.6. The summed E-state index contributed by atoms with van der Waals surface area (Å²) in [6.07, 6.45) is 7.53. The lowest BCUT2D eigenvalue weighted by Gasteiger charge is -2.56. The molecular weight excluding hydrogens is 476 g/mol. The molecule has 6 atom stereocenters. The van der Waals surface area contributed by atoms with E-state index in [-0.39, 0.29) is 23.9 Å². The molecule has 0 amide bonds. The average Bonchev–Trinajstić information content (AvgIpc) is 3.02. The molecule has 0 radical (unpaired) electrons. The van der Waals surface area contributed by atoms with Gasteiger partial charge in [0.05, 0.1) is 18.4 Å². The molecule has 3 rings (SSSR count). The predicted molar refractivity (Wildman–Crippen MR) is 151 cm³/mol. The van der Waals surface area contributed by atoms with Crippen molar-refractivity contribution in [3.63, 3.8) is 0 Å². The summed E-state index contributed by atoms with van der Waals surface area (Å²) in [6.45, 7) is 13.8. The van der Waals surface area contributed by atoms with Crippen LogP contribution in [0.25, 0.3) is 0 Å². The summed E-state index contributed by atoms with van der Waals surface area (Å²) < 4.78 is 5.27. The Morgan fingerprint density at radius 1 is 0.947 bits per heavy atom. The molecule has 0 saturated heterocycles. The molecule has 0 aromatic heterocycles. The van der Waals surface area contributed by atoms with Gasteiger partial charge in [-0.3, -0.25) is 9.59 Å². The molecule has 0 aliphatic heterocycles. The summed E-state index contributed by atoms with van der Waals surface area (Å²) in [5, 5.41) is 12.7. The van der Waals surface area contributed by atoms with Crippen LogP contribution in [0.15, 0.2) is 65.3 Å². The number of hydrogen-bond acceptors (Lipinski definition) is 5. The fourth-order valence-corrected chi connectivity index (χ4v) is 7.07. The van der Waals surface area contributed by atoms with Gasteiger partial charge >= 0.3 is 5.97 Å². The van der Waals surface area contributed by atoms with Gasteiger partial charge in [0.25, 0.3) is 0 Å². The van der Waals surface area contributed by atoms with Crippen LogP contribution >= 0.6 is 0 Å². The van der Waals surface area contributed by atoms with E-state index in [2.05, 4.69) is 6.08 Å². The SMILES string of the molecule is COC(=O)[C@]1(O)[C@@]2(CC=C(C)C)C[C@@H](CC=C(C)C)[C@]1(C)[C@H](CC=C(C)C)[C@@H](C(=O)c1ccccc1)C2=O. The van der Waals surface area contributed by atoms with Crippen molar-refractivity contribution in [2.24, 2.45) is 28.6 Å². The number of Topliss-reactive ketones (excluding diaryl/α,β-unsaturated/α-hetero) is 2. The Morgan fingerprint density at radius 2 is 1.50 bits per heavy atom. The minimum atomic E-state index is -2.08. The lowest BCUT2D eigenvalue weighted by molar-refractivity contribution is -0.217. The fourth-order valence-electron chi connectivity index (χ4n) is 7.07. The Balaban J connectivity index is 2.40. The number of aliphatic hydroxyl groups is 1. The Morgan fingerprint density at radius 3 is 2.03 bits per heavy atom. The molecule has 1 aromatic carbocycles. The zero-order chi connectivity index (χ0) is 28.5. The van der Waals surface area contributed by atoms with Gasteiger partial charge in [0.2, 0.25) is 0 Å². The zero-order valence-corrected chi connectivity index (χ0v) is 24.3. The monoisotopic (exact) mass is 520 g/mol. The van der Waals surface area contributed by atoms with Gasteiger partial charge in [-0.1, -0.05) is 72.2 Å². The second-order valence-corrected chi connectivity index (χ2v) is 12.2. The van der Waals surface area contributed by atoms with Crippen molar-refractivity contribution in [3.05, 3.63) is 70.8 Å². The van der Waals surface area contributed by atoms with E-state index < -0.39 is 34.2 Å². The van der Waals surface area contributed by atoms with Crippen LogP contribution in [0.3, 0.4) is 0 Å². The standard InChI is InChI=1S/C33H44O5/c1-21(2)14-16-25-20-32(19-18-23(5)6)29(35)27(28(34)24-12-10-9-11-13-24)26(17-15-22(3)4)31(25,7)33(32,37)30(36)38-8/h9-15,18,25-27,37H,16-17,19-20H2,1-8H3/t25-,26-,27+,31-,32+,33-/m1/s1. The van der Waals surface area contributed by atoms with Gasteiger partial charge in [0.1, 0.15) is 0 Å². The van der Waals surface area contributed by atoms with Gasteiger partial charge in [0, 0.05) is 11.0 Å². The third-order valence-corrected chi connectivity index (χ3v) is 9.11. The van der Waals surface area contributed by atoms with Gasteiger partial charge in [0.15, 0.2) is 17.2 Å². The van der Waals surface area contributed by atoms with Gasteiger partial charge < -0.3 is 9.84 Å². The molecule has 0 spiro atoms. The van der Waals surface area contributed by atoms with Crippen molar-refractivity contribution < 1.29 is 24.2 Å². The molecule has 0 heterocycles. The summed E-state index contributed by atoms with van der Waals surface area (Å²) >= 11 is 0. The molecule has 2 saturated carbocycles. The minimum absolute atomic E-state index is 0.175. The summed E-state index contributed by atoms with van der Waals surface area (Å²) in [4.78, 5) is 42.7. The molecule has 38 heavy (non-hydrogen) atoms. The van der Waals surface area contributed by atoms with Crippen LogP contribution < -0.4 is 0 Å². The molecule has 1 N–H and O–H groups in total. The molecule has 2 aliphatic rings. The van der Waals surface area contributed by atoms with E-state index >= 15 is 0 Å². The number of ether oxygens (including phenoxy) is 1. The molecule has 2 fully saturated rings. The van der Waals surface area contributed by atoms with E-state index in [0.29, 0.717) is 24.8 Å². The number of hydrogen-bond donors (Lipinski definition) is 1. The third-order valence-electron chi connectivity index (χ3n) is 9.11. The van der Waals surface area contributed by atoms with Gasteiger partial charge in [-0.05, 0) is 79.1 Å². The van der Waals surface area contributed by atoms with Crippen LogP contribution in [0.5, 0.6) is 0 Å². The highest BCUT2D eigenvalue weighted by atomic mass is 16.5. The van der Waals surface area contributed by atoms with Gasteiger partial charge in [-0.15, -0.1) is 0 Å². The molecule has 1 aromatic rings. The molecule has 206 valence electrons. The number of carbonyl (C=O) groups excluding carboxylic acids is 3. The number of ketones is 2. The molecule has 5 nitrogen and oxygen atoms in total. The topological polar surface area (TPSA) is 80.7 Å². The summed E-state index contributed by atoms with van der Waals surface area (Å²) in [5.41, 5.74) is -1.01. The largest absolute Gasteiger partial charge is 0.467 e. The smallest absolute Gasteiger partial charge is 0.339 e. The number of carbonyl (C=O) groups is 3. The van der Waals surface area contributed by atoms with Crippen molar-refractivity contribution in [1.29, 1.82) is 0 Å². The fraction of sp³-hybridized carbons (Fsp3) is 0.545. The van der Waals surface area contributed by atoms with Crippen molar-refractivity contribution in [2.45, 2.75) is 79.8 Å². The maximum absolute atomic E-state index is 14.8. The predicted octanol–water partition coefficient (Wildman–Crippen LogP) is 6.67. The van der Waals surface area contributed by atoms with Crippen molar-refractivity contribution in [2.75, 3.05) is 7.11 Å². The molecular formula is C33H44O5. The van der Waals surface area contributed by atoms with E-state index in [9.17, 15) is 19.5 Å². The van der Waals surface area contributed by atoms with E-state index in [1.54, 1.807) is 24.3 Å². The molecule has 2 aliphatic carbocycles. The lowest BCUT2D eigenvalue weighted by Crippen LogP contribution is -2.71. The number of benzene rings is 1. The molecule has 0 unspecified atom stereocenters. The van der Waals surface area contributed by atoms with Crippen molar-refractivity contribution in [3.8, 4) is 0 Å². The van der Waals surface area contributed by atoms with Gasteiger partial charge in [-0.25, -0.2) is 4.79 Å². The number of allylic oxidation sites excluding steroid dienone is 6. The van der Waals surface area contributed by atoms with Crippen molar-refractivity contribution >= 4 is 17.5 Å². The van der Waals surface area contributed by atoms with Crippen molar-refractivity contribution in [1.82, 2.24) is 0 Å². The summed E-state index contributed by atoms with van der Waals surface area (Å²) in [6, 6.07) is 8.91. The molecule has 5 heteroatoms. The van der Waals surface area contributed by atoms with Crippen LogP contribution in [0.2, 0.25) is 0 Å². The number of fused-ring (bicyclic) bond motifs is 2. The first-order chi connectivity index (χ1) is 17.8. The maximum atomic E-state index is 14.8. The van der Waals surface area contributed by atoms with E-state index in [4.69, 9.17) is 4.74 Å². The molecule has 2 bridgehead atoms. The first kappa shape index (κ1) is 29.8. The number of rotatable bonds is 9. The summed E-state index contributed by atoms with van der Waals surface area (Å²) in [7, 11) is 1.26. The summed E-state index contributed by atoms with van der Waals surface area (Å²) in [5.74, 6) is -3.15. The Bertz CT molecular complexity index is 1160. The second-order valence-electron chi connectivity index (χ2n) is 12.2. The minimum Gasteiger partial charge on any atom is -0.467 e. The van der Waals surface area contributed by atoms with E-state index in [1.165, 1.54) is 7.11 Å². The Hall–Kier alpha value is -2.79. The van der Waals surface area contributed by atoms with Crippen LogP contribution in [-0.2, 0) is 14.3 Å². The van der Waals surface area contributed by atoms with Crippen LogP contribution in [0.1, 0.15) is 84.5 Å². The highest BCUT2D eigenvalue weighted by molar-refractivity contribution is 6.15. The lowest BCUT2D eigenvalue weighted by atomic mass is 9.46. The normalized spacial score (nSPS) is 31.8. The zero-order valence-electron chi connectivity index (χ0n) is 24.3. The maximum Gasteiger partial charge on any atom is 0.339 e. The Kier molecular flexibility index (Phi) is 8.72. The highest BCUT2D eigenvalue weighted by Crippen LogP contribution is 2.72. The second kappa shape index (κ2) is 11.1. The quantitative estimate of drug-likeness (QED) is 0.170. The van der Waals surface area contributed by atoms with E-state index in [1.807, 2.05) is 66.7 Å².